The van der Waals surface area contributed by atoms with Crippen molar-refractivity contribution in [2.45, 2.75) is 19.4 Å². The highest BCUT2D eigenvalue weighted by molar-refractivity contribution is 5.89. The Balaban J connectivity index is 1.99. The number of ether oxygens (including phenoxy) is 1. The first-order valence-electron chi connectivity index (χ1n) is 7.70. The van der Waals surface area contributed by atoms with Crippen molar-refractivity contribution in [1.82, 2.24) is 4.90 Å². The van der Waals surface area contributed by atoms with Crippen molar-refractivity contribution >= 4 is 11.9 Å². The van der Waals surface area contributed by atoms with E-state index in [2.05, 4.69) is 0 Å². The zero-order valence-electron chi connectivity index (χ0n) is 13.9. The Morgan fingerprint density at radius 2 is 1.67 bits per heavy atom. The summed E-state index contributed by atoms with van der Waals surface area (Å²) in [7, 11) is 3.33. The van der Waals surface area contributed by atoms with Crippen LogP contribution >= 0.6 is 0 Å². The van der Waals surface area contributed by atoms with E-state index in [4.69, 9.17) is 4.74 Å². The number of amides is 1. The van der Waals surface area contributed by atoms with E-state index < -0.39 is 5.97 Å². The van der Waals surface area contributed by atoms with E-state index in [-0.39, 0.29) is 17.9 Å². The van der Waals surface area contributed by atoms with Crippen molar-refractivity contribution < 1.29 is 19.4 Å². The van der Waals surface area contributed by atoms with E-state index >= 15 is 0 Å². The summed E-state index contributed by atoms with van der Waals surface area (Å²) in [6, 6.07) is 14.3. The second-order valence-electron chi connectivity index (χ2n) is 5.52. The standard InChI is InChI=1S/C19H21NO4/c1-20(13-15-8-4-6-10-17(15)24-2)18(21)12-11-14-7-3-5-9-16(14)19(22)23/h3-10H,11-13H2,1-2H3,(H,22,23). The van der Waals surface area contributed by atoms with Crippen molar-refractivity contribution in [2.24, 2.45) is 0 Å². The van der Waals surface area contributed by atoms with Crippen molar-refractivity contribution in [3.8, 4) is 5.75 Å². The van der Waals surface area contributed by atoms with Gasteiger partial charge in [-0.05, 0) is 24.1 Å². The topological polar surface area (TPSA) is 66.8 Å². The number of rotatable bonds is 7. The molecule has 5 nitrogen and oxygen atoms in total. The Morgan fingerprint density at radius 1 is 1.04 bits per heavy atom. The molecule has 0 aromatic heterocycles. The first kappa shape index (κ1) is 17.5. The molecule has 0 spiro atoms. The van der Waals surface area contributed by atoms with Crippen LogP contribution in [0.4, 0.5) is 0 Å². The Labute approximate surface area is 141 Å². The third kappa shape index (κ3) is 4.35. The van der Waals surface area contributed by atoms with Gasteiger partial charge in [-0.15, -0.1) is 0 Å². The quantitative estimate of drug-likeness (QED) is 0.849. The smallest absolute Gasteiger partial charge is 0.335 e. The fourth-order valence-electron chi connectivity index (χ4n) is 2.56. The molecule has 24 heavy (non-hydrogen) atoms. The van der Waals surface area contributed by atoms with E-state index in [1.165, 1.54) is 0 Å². The molecule has 0 atom stereocenters. The van der Waals surface area contributed by atoms with E-state index in [0.29, 0.717) is 18.5 Å². The molecule has 0 aliphatic rings. The summed E-state index contributed by atoms with van der Waals surface area (Å²) in [6.45, 7) is 0.448. The van der Waals surface area contributed by atoms with Gasteiger partial charge in [0.1, 0.15) is 5.75 Å². The van der Waals surface area contributed by atoms with Crippen LogP contribution in [0.3, 0.4) is 0 Å². The predicted octanol–water partition coefficient (Wildman–Crippen LogP) is 2.98. The minimum Gasteiger partial charge on any atom is -0.496 e. The van der Waals surface area contributed by atoms with Gasteiger partial charge in [0.05, 0.1) is 12.7 Å². The minimum absolute atomic E-state index is 0.0407. The summed E-state index contributed by atoms with van der Waals surface area (Å²) in [6.07, 6.45) is 0.660. The van der Waals surface area contributed by atoms with Gasteiger partial charge in [-0.25, -0.2) is 4.79 Å². The third-order valence-electron chi connectivity index (χ3n) is 3.88. The molecule has 2 aromatic rings. The Bertz CT molecular complexity index is 727. The number of carbonyl (C=O) groups excluding carboxylic acids is 1. The maximum Gasteiger partial charge on any atom is 0.335 e. The molecule has 126 valence electrons. The van der Waals surface area contributed by atoms with Crippen LogP contribution < -0.4 is 4.74 Å². The summed E-state index contributed by atoms with van der Waals surface area (Å²) in [5, 5.41) is 9.18. The SMILES string of the molecule is COc1ccccc1CN(C)C(=O)CCc1ccccc1C(=O)O. The highest BCUT2D eigenvalue weighted by Gasteiger charge is 2.14. The summed E-state index contributed by atoms with van der Waals surface area (Å²) in [4.78, 5) is 25.2. The second-order valence-corrected chi connectivity index (χ2v) is 5.52. The van der Waals surface area contributed by atoms with Crippen molar-refractivity contribution in [3.05, 3.63) is 65.2 Å². The number of carboxylic acids is 1. The highest BCUT2D eigenvalue weighted by Crippen LogP contribution is 2.19. The number of carbonyl (C=O) groups is 2. The fourth-order valence-corrected chi connectivity index (χ4v) is 2.56. The molecule has 0 saturated carbocycles. The number of aromatic carboxylic acids is 1. The number of carboxylic acid groups (broad SMARTS) is 1. The van der Waals surface area contributed by atoms with Gasteiger partial charge in [-0.1, -0.05) is 36.4 Å². The number of benzene rings is 2. The number of nitrogens with zero attached hydrogens (tertiary/aromatic N) is 1. The lowest BCUT2D eigenvalue weighted by Crippen LogP contribution is -2.26. The second kappa shape index (κ2) is 8.15. The van der Waals surface area contributed by atoms with Crippen LogP contribution in [0.25, 0.3) is 0 Å². The molecule has 0 aliphatic carbocycles. The molecule has 2 rings (SSSR count). The number of hydrogen-bond donors (Lipinski definition) is 1. The van der Waals surface area contributed by atoms with Gasteiger partial charge in [0.25, 0.3) is 0 Å². The number of hydrogen-bond acceptors (Lipinski definition) is 3. The number of para-hydroxylation sites is 1. The van der Waals surface area contributed by atoms with Gasteiger partial charge < -0.3 is 14.7 Å². The average Bonchev–Trinajstić information content (AvgIpc) is 2.60. The minimum atomic E-state index is -0.972. The normalized spacial score (nSPS) is 10.2. The summed E-state index contributed by atoms with van der Waals surface area (Å²) < 4.78 is 5.29. The van der Waals surface area contributed by atoms with Gasteiger partial charge in [-0.2, -0.15) is 0 Å². The molecule has 2 aromatic carbocycles. The molecule has 0 saturated heterocycles. The molecule has 0 heterocycles. The Morgan fingerprint density at radius 3 is 2.33 bits per heavy atom. The predicted molar refractivity (Wildman–Crippen MR) is 91.2 cm³/mol. The molecule has 0 bridgehead atoms. The molecule has 0 fully saturated rings. The van der Waals surface area contributed by atoms with Crippen LogP contribution in [0.15, 0.2) is 48.5 Å². The largest absolute Gasteiger partial charge is 0.496 e. The lowest BCUT2D eigenvalue weighted by atomic mass is 10.0. The maximum atomic E-state index is 12.3. The highest BCUT2D eigenvalue weighted by atomic mass is 16.5. The molecule has 1 N–H and O–H groups in total. The molecule has 5 heteroatoms. The zero-order chi connectivity index (χ0) is 17.5. The van der Waals surface area contributed by atoms with Crippen LogP contribution in [0.5, 0.6) is 5.75 Å². The van der Waals surface area contributed by atoms with Gasteiger partial charge in [-0.3, -0.25) is 4.79 Å². The first-order valence-corrected chi connectivity index (χ1v) is 7.70. The lowest BCUT2D eigenvalue weighted by molar-refractivity contribution is -0.130. The summed E-state index contributed by atoms with van der Waals surface area (Å²) in [5.41, 5.74) is 1.85. The Hall–Kier alpha value is -2.82. The third-order valence-corrected chi connectivity index (χ3v) is 3.88. The van der Waals surface area contributed by atoms with E-state index in [1.54, 1.807) is 43.3 Å². The average molecular weight is 327 g/mol. The van der Waals surface area contributed by atoms with Crippen LogP contribution in [-0.4, -0.2) is 36.0 Å². The monoisotopic (exact) mass is 327 g/mol. The van der Waals surface area contributed by atoms with E-state index in [0.717, 1.165) is 11.3 Å². The van der Waals surface area contributed by atoms with Gasteiger partial charge >= 0.3 is 5.97 Å². The van der Waals surface area contributed by atoms with Crippen molar-refractivity contribution in [3.63, 3.8) is 0 Å². The van der Waals surface area contributed by atoms with Gasteiger partial charge in [0, 0.05) is 25.6 Å². The van der Waals surface area contributed by atoms with Crippen LogP contribution in [0.1, 0.15) is 27.9 Å². The fraction of sp³-hybridized carbons (Fsp3) is 0.263. The molecule has 1 amide bonds. The summed E-state index contributed by atoms with van der Waals surface area (Å²) >= 11 is 0. The Kier molecular flexibility index (Phi) is 5.95. The molecule has 0 aliphatic heterocycles. The zero-order valence-corrected chi connectivity index (χ0v) is 13.9. The number of aryl methyl sites for hydroxylation is 1. The molecule has 0 unspecified atom stereocenters. The van der Waals surface area contributed by atoms with E-state index in [9.17, 15) is 14.7 Å². The molecular formula is C19H21NO4. The van der Waals surface area contributed by atoms with E-state index in [1.807, 2.05) is 24.3 Å². The van der Waals surface area contributed by atoms with Crippen LogP contribution in [0.2, 0.25) is 0 Å². The van der Waals surface area contributed by atoms with Gasteiger partial charge in [0.2, 0.25) is 5.91 Å². The maximum absolute atomic E-state index is 12.3. The van der Waals surface area contributed by atoms with Crippen LogP contribution in [-0.2, 0) is 17.8 Å². The number of methoxy groups -OCH3 is 1. The molecule has 0 radical (unpaired) electrons. The first-order chi connectivity index (χ1) is 11.5. The summed E-state index contributed by atoms with van der Waals surface area (Å²) in [5.74, 6) is -0.269. The van der Waals surface area contributed by atoms with Gasteiger partial charge in [0.15, 0.2) is 0 Å². The van der Waals surface area contributed by atoms with Crippen molar-refractivity contribution in [1.29, 1.82) is 0 Å². The van der Waals surface area contributed by atoms with Crippen LogP contribution in [0, 0.1) is 0 Å². The van der Waals surface area contributed by atoms with Crippen molar-refractivity contribution in [2.75, 3.05) is 14.2 Å². The lowest BCUT2D eigenvalue weighted by Gasteiger charge is -2.19. The molecular weight excluding hydrogens is 306 g/mol.